The van der Waals surface area contributed by atoms with Gasteiger partial charge in [-0.3, -0.25) is 0 Å². The second-order valence-corrected chi connectivity index (χ2v) is 5.58. The molecule has 1 aliphatic rings. The van der Waals surface area contributed by atoms with Crippen LogP contribution in [-0.4, -0.2) is 0 Å². The first-order valence-corrected chi connectivity index (χ1v) is 8.37. The molecule has 0 nitrogen and oxygen atoms in total. The maximum absolute atomic E-state index is 3.63. The molecule has 3 aromatic carbocycles. The Morgan fingerprint density at radius 3 is 1.40 bits per heavy atom. The zero-order chi connectivity index (χ0) is 17.9. The molecule has 0 N–H and O–H groups in total. The molecule has 0 aromatic heterocycles. The number of fused-ring (bicyclic) bond motifs is 3. The van der Waals surface area contributed by atoms with Gasteiger partial charge >= 0.3 is 0 Å². The molecule has 1 aliphatic carbocycles. The minimum atomic E-state index is 1.10. The third kappa shape index (κ3) is 5.19. The second kappa shape index (κ2) is 9.89. The van der Waals surface area contributed by atoms with Crippen molar-refractivity contribution in [2.75, 3.05) is 0 Å². The van der Waals surface area contributed by atoms with E-state index in [2.05, 4.69) is 68.3 Å². The van der Waals surface area contributed by atoms with Crippen LogP contribution in [0.1, 0.15) is 16.7 Å². The van der Waals surface area contributed by atoms with Gasteiger partial charge in [0, 0.05) is 0 Å². The van der Waals surface area contributed by atoms with Gasteiger partial charge in [-0.2, -0.15) is 0 Å². The first-order valence-electron chi connectivity index (χ1n) is 8.37. The highest BCUT2D eigenvalue weighted by molar-refractivity contribution is 5.76. The Labute approximate surface area is 151 Å². The van der Waals surface area contributed by atoms with Gasteiger partial charge in [0.25, 0.3) is 0 Å². The highest BCUT2D eigenvalue weighted by Crippen LogP contribution is 2.35. The SMILES string of the molecule is C=CC=C.C=Cc1ccccc1.c1ccc2c(c1)Cc1ccccc1-2. The molecule has 4 rings (SSSR count). The maximum atomic E-state index is 3.63. The molecule has 124 valence electrons. The Kier molecular flexibility index (Phi) is 7.21. The second-order valence-electron chi connectivity index (χ2n) is 5.58. The lowest BCUT2D eigenvalue weighted by Gasteiger charge is -1.98. The smallest absolute Gasteiger partial charge is 0.00135 e. The topological polar surface area (TPSA) is 0 Å². The number of hydrogen-bond donors (Lipinski definition) is 0. The molecule has 0 aliphatic heterocycles. The summed E-state index contributed by atoms with van der Waals surface area (Å²) in [4.78, 5) is 0. The van der Waals surface area contributed by atoms with Crippen LogP contribution < -0.4 is 0 Å². The Morgan fingerprint density at radius 2 is 1.00 bits per heavy atom. The fraction of sp³-hybridized carbons (Fsp3) is 0.0400. The average molecular weight is 324 g/mol. The quantitative estimate of drug-likeness (QED) is 0.350. The van der Waals surface area contributed by atoms with E-state index in [4.69, 9.17) is 0 Å². The molecule has 25 heavy (non-hydrogen) atoms. The van der Waals surface area contributed by atoms with Crippen molar-refractivity contribution in [3.8, 4) is 11.1 Å². The van der Waals surface area contributed by atoms with E-state index in [-0.39, 0.29) is 0 Å². The Balaban J connectivity index is 0.000000161. The number of hydrogen-bond acceptors (Lipinski definition) is 0. The first kappa shape index (κ1) is 18.2. The molecule has 0 saturated heterocycles. The first-order chi connectivity index (χ1) is 12.3. The van der Waals surface area contributed by atoms with Crippen LogP contribution in [0.25, 0.3) is 17.2 Å². The summed E-state index contributed by atoms with van der Waals surface area (Å²) in [5, 5.41) is 0. The third-order valence-electron chi connectivity index (χ3n) is 3.91. The highest BCUT2D eigenvalue weighted by Gasteiger charge is 2.15. The summed E-state index contributed by atoms with van der Waals surface area (Å²) in [5.74, 6) is 0. The maximum Gasteiger partial charge on any atom is -0.00135 e. The zero-order valence-electron chi connectivity index (χ0n) is 14.6. The molecule has 0 heterocycles. The molecule has 0 atom stereocenters. The largest absolute Gasteiger partial charge is 0.0991 e. The van der Waals surface area contributed by atoms with Gasteiger partial charge < -0.3 is 0 Å². The molecule has 0 fully saturated rings. The van der Waals surface area contributed by atoms with E-state index in [9.17, 15) is 0 Å². The van der Waals surface area contributed by atoms with Gasteiger partial charge in [-0.1, -0.05) is 117 Å². The van der Waals surface area contributed by atoms with Crippen LogP contribution in [0.15, 0.2) is 111 Å². The molecule has 0 spiro atoms. The predicted octanol–water partition coefficient (Wildman–Crippen LogP) is 6.95. The van der Waals surface area contributed by atoms with E-state index in [1.54, 1.807) is 12.2 Å². The number of allylic oxidation sites excluding steroid dienone is 2. The Morgan fingerprint density at radius 1 is 0.560 bits per heavy atom. The van der Waals surface area contributed by atoms with Crippen LogP contribution in [0.2, 0.25) is 0 Å². The molecular formula is C25H24. The standard InChI is InChI=1S/C13H10.C8H8.C4H6/c1-3-7-12-10(5-1)9-11-6-2-4-8-13(11)12;1-2-8-6-4-3-5-7-8;1-3-4-2/h1-8H,9H2;2-7H,1H2;3-4H,1-2H2. The minimum Gasteiger partial charge on any atom is -0.0991 e. The zero-order valence-corrected chi connectivity index (χ0v) is 14.6. The van der Waals surface area contributed by atoms with E-state index in [0.717, 1.165) is 6.42 Å². The van der Waals surface area contributed by atoms with Crippen molar-refractivity contribution in [3.05, 3.63) is 127 Å². The summed E-state index contributed by atoms with van der Waals surface area (Å²) in [6, 6.07) is 27.3. The van der Waals surface area contributed by atoms with Crippen LogP contribution in [0.4, 0.5) is 0 Å². The summed E-state index contributed by atoms with van der Waals surface area (Å²) in [6.45, 7) is 10.4. The molecule has 0 unspecified atom stereocenters. The fourth-order valence-electron chi connectivity index (χ4n) is 2.67. The fourth-order valence-corrected chi connectivity index (χ4v) is 2.67. The van der Waals surface area contributed by atoms with Gasteiger partial charge in [-0.15, -0.1) is 0 Å². The lowest BCUT2D eigenvalue weighted by molar-refractivity contribution is 1.26. The van der Waals surface area contributed by atoms with Crippen molar-refractivity contribution >= 4 is 6.08 Å². The summed E-state index contributed by atoms with van der Waals surface area (Å²) < 4.78 is 0. The average Bonchev–Trinajstić information content (AvgIpc) is 3.08. The third-order valence-corrected chi connectivity index (χ3v) is 3.91. The highest BCUT2D eigenvalue weighted by atomic mass is 14.2. The summed E-state index contributed by atoms with van der Waals surface area (Å²) >= 11 is 0. The van der Waals surface area contributed by atoms with Crippen LogP contribution in [0.5, 0.6) is 0 Å². The normalized spacial score (nSPS) is 9.92. The minimum absolute atomic E-state index is 1.10. The van der Waals surface area contributed by atoms with Crippen LogP contribution in [0.3, 0.4) is 0 Å². The summed E-state index contributed by atoms with van der Waals surface area (Å²) in [5.41, 5.74) is 6.93. The number of rotatable bonds is 2. The van der Waals surface area contributed by atoms with E-state index in [0.29, 0.717) is 0 Å². The molecule has 0 heteroatoms. The predicted molar refractivity (Wildman–Crippen MR) is 112 cm³/mol. The van der Waals surface area contributed by atoms with Crippen LogP contribution in [0, 0.1) is 0 Å². The Hall–Kier alpha value is -3.12. The van der Waals surface area contributed by atoms with Gasteiger partial charge in [-0.25, -0.2) is 0 Å². The molecule has 0 amide bonds. The molecular weight excluding hydrogens is 300 g/mol. The lowest BCUT2D eigenvalue weighted by atomic mass is 10.1. The molecule has 3 aromatic rings. The molecule has 0 saturated carbocycles. The van der Waals surface area contributed by atoms with E-state index in [1.165, 1.54) is 27.8 Å². The number of benzene rings is 3. The van der Waals surface area contributed by atoms with Crippen molar-refractivity contribution in [1.29, 1.82) is 0 Å². The van der Waals surface area contributed by atoms with Gasteiger partial charge in [0.05, 0.1) is 0 Å². The summed E-state index contributed by atoms with van der Waals surface area (Å²) in [6.07, 6.45) is 6.21. The molecule has 0 radical (unpaired) electrons. The van der Waals surface area contributed by atoms with E-state index >= 15 is 0 Å². The van der Waals surface area contributed by atoms with E-state index in [1.807, 2.05) is 36.4 Å². The van der Waals surface area contributed by atoms with Crippen LogP contribution in [-0.2, 0) is 6.42 Å². The van der Waals surface area contributed by atoms with Gasteiger partial charge in [0.15, 0.2) is 0 Å². The van der Waals surface area contributed by atoms with Crippen LogP contribution >= 0.6 is 0 Å². The Bertz CT molecular complexity index is 776. The van der Waals surface area contributed by atoms with Crippen molar-refractivity contribution in [2.24, 2.45) is 0 Å². The summed E-state index contributed by atoms with van der Waals surface area (Å²) in [7, 11) is 0. The van der Waals surface area contributed by atoms with Gasteiger partial charge in [0.1, 0.15) is 0 Å². The van der Waals surface area contributed by atoms with Crippen molar-refractivity contribution < 1.29 is 0 Å². The van der Waals surface area contributed by atoms with Crippen molar-refractivity contribution in [2.45, 2.75) is 6.42 Å². The molecule has 0 bridgehead atoms. The van der Waals surface area contributed by atoms with Crippen molar-refractivity contribution in [3.63, 3.8) is 0 Å². The van der Waals surface area contributed by atoms with Gasteiger partial charge in [-0.05, 0) is 34.2 Å². The van der Waals surface area contributed by atoms with Gasteiger partial charge in [0.2, 0.25) is 0 Å². The van der Waals surface area contributed by atoms with E-state index < -0.39 is 0 Å². The van der Waals surface area contributed by atoms with Crippen molar-refractivity contribution in [1.82, 2.24) is 0 Å². The monoisotopic (exact) mass is 324 g/mol. The lowest BCUT2D eigenvalue weighted by Crippen LogP contribution is -1.77.